The summed E-state index contributed by atoms with van der Waals surface area (Å²) in [6.07, 6.45) is -4.60. The molecule has 2 rings (SSSR count). The van der Waals surface area contributed by atoms with Crippen LogP contribution in [-0.2, 0) is 4.74 Å². The summed E-state index contributed by atoms with van der Waals surface area (Å²) in [5.74, 6) is 0.766. The third-order valence-corrected chi connectivity index (χ3v) is 3.36. The quantitative estimate of drug-likeness (QED) is 0.873. The van der Waals surface area contributed by atoms with Gasteiger partial charge in [0.2, 0.25) is 0 Å². The van der Waals surface area contributed by atoms with Crippen LogP contribution in [0.3, 0.4) is 0 Å². The van der Waals surface area contributed by atoms with Gasteiger partial charge < -0.3 is 14.8 Å². The Bertz CT molecular complexity index is 451. The molecular formula is C15H20F3NO2. The Morgan fingerprint density at radius 2 is 2.10 bits per heavy atom. The van der Waals surface area contributed by atoms with Gasteiger partial charge in [-0.2, -0.15) is 13.2 Å². The van der Waals surface area contributed by atoms with Crippen molar-refractivity contribution in [2.75, 3.05) is 19.8 Å². The first kappa shape index (κ1) is 16.1. The summed E-state index contributed by atoms with van der Waals surface area (Å²) in [6.45, 7) is 2.73. The van der Waals surface area contributed by atoms with Crippen LogP contribution in [-0.4, -0.2) is 32.0 Å². The summed E-state index contributed by atoms with van der Waals surface area (Å²) in [4.78, 5) is 0. The fourth-order valence-corrected chi connectivity index (χ4v) is 2.35. The molecule has 1 aliphatic rings. The van der Waals surface area contributed by atoms with E-state index in [1.807, 2.05) is 31.2 Å². The lowest BCUT2D eigenvalue weighted by molar-refractivity contribution is -0.152. The Hall–Kier alpha value is -1.27. The fraction of sp³-hybridized carbons (Fsp3) is 0.600. The van der Waals surface area contributed by atoms with Crippen LogP contribution in [0.1, 0.15) is 31.4 Å². The van der Waals surface area contributed by atoms with Gasteiger partial charge in [-0.25, -0.2) is 0 Å². The molecule has 118 valence electrons. The number of benzene rings is 1. The third-order valence-electron chi connectivity index (χ3n) is 3.36. The van der Waals surface area contributed by atoms with Crippen LogP contribution in [0, 0.1) is 0 Å². The van der Waals surface area contributed by atoms with Crippen molar-refractivity contribution in [3.05, 3.63) is 29.8 Å². The monoisotopic (exact) mass is 303 g/mol. The van der Waals surface area contributed by atoms with Crippen molar-refractivity contribution in [1.29, 1.82) is 0 Å². The van der Waals surface area contributed by atoms with E-state index in [1.165, 1.54) is 0 Å². The van der Waals surface area contributed by atoms with Gasteiger partial charge in [-0.15, -0.1) is 0 Å². The van der Waals surface area contributed by atoms with Gasteiger partial charge >= 0.3 is 6.18 Å². The molecule has 0 spiro atoms. The first-order valence-electron chi connectivity index (χ1n) is 7.14. The first-order chi connectivity index (χ1) is 10.0. The maximum absolute atomic E-state index is 12.2. The average molecular weight is 303 g/mol. The number of fused-ring (bicyclic) bond motifs is 1. The van der Waals surface area contributed by atoms with E-state index in [9.17, 15) is 13.2 Å². The number of halogens is 3. The smallest absolute Gasteiger partial charge is 0.391 e. The number of rotatable bonds is 6. The molecule has 1 aliphatic heterocycles. The second-order valence-corrected chi connectivity index (χ2v) is 5.06. The van der Waals surface area contributed by atoms with Gasteiger partial charge in [0.1, 0.15) is 18.5 Å². The van der Waals surface area contributed by atoms with Gasteiger partial charge in [-0.05, 0) is 19.0 Å². The average Bonchev–Trinajstić information content (AvgIpc) is 2.44. The van der Waals surface area contributed by atoms with Gasteiger partial charge in [0.15, 0.2) is 0 Å². The number of ether oxygens (including phenoxy) is 2. The molecule has 6 heteroatoms. The van der Waals surface area contributed by atoms with Gasteiger partial charge in [0.05, 0.1) is 19.1 Å². The lowest BCUT2D eigenvalue weighted by atomic mass is 9.98. The normalized spacial score (nSPS) is 21.7. The molecule has 1 aromatic rings. The van der Waals surface area contributed by atoms with Crippen LogP contribution in [0.5, 0.6) is 5.75 Å². The minimum Gasteiger partial charge on any atom is -0.490 e. The van der Waals surface area contributed by atoms with E-state index in [1.54, 1.807) is 0 Å². The molecule has 0 aliphatic carbocycles. The van der Waals surface area contributed by atoms with Crippen LogP contribution >= 0.6 is 0 Å². The second-order valence-electron chi connectivity index (χ2n) is 5.06. The summed E-state index contributed by atoms with van der Waals surface area (Å²) in [5.41, 5.74) is 0.939. The van der Waals surface area contributed by atoms with E-state index in [0.29, 0.717) is 0 Å². The zero-order chi connectivity index (χ0) is 15.3. The molecule has 1 heterocycles. The van der Waals surface area contributed by atoms with Crippen LogP contribution in [0.2, 0.25) is 0 Å². The van der Waals surface area contributed by atoms with E-state index in [2.05, 4.69) is 5.32 Å². The molecule has 2 atom stereocenters. The molecule has 1 aromatic carbocycles. The van der Waals surface area contributed by atoms with Crippen molar-refractivity contribution in [2.24, 2.45) is 0 Å². The van der Waals surface area contributed by atoms with Gasteiger partial charge in [0, 0.05) is 5.56 Å². The molecule has 0 amide bonds. The van der Waals surface area contributed by atoms with Crippen molar-refractivity contribution in [1.82, 2.24) is 5.32 Å². The van der Waals surface area contributed by atoms with Crippen LogP contribution in [0.25, 0.3) is 0 Å². The molecule has 0 fully saturated rings. The lowest BCUT2D eigenvalue weighted by Crippen LogP contribution is -2.41. The van der Waals surface area contributed by atoms with E-state index < -0.39 is 18.7 Å². The highest BCUT2D eigenvalue weighted by atomic mass is 19.4. The van der Waals surface area contributed by atoms with Crippen molar-refractivity contribution >= 4 is 0 Å². The number of nitrogens with one attached hydrogen (secondary N) is 1. The SMILES string of the molecule is CCCNC1c2ccccc2OCC1OCCC(F)(F)F. The predicted molar refractivity (Wildman–Crippen MR) is 73.4 cm³/mol. The molecule has 0 saturated heterocycles. The minimum atomic E-state index is -4.19. The Balaban J connectivity index is 2.03. The van der Waals surface area contributed by atoms with Crippen LogP contribution in [0.4, 0.5) is 13.2 Å². The van der Waals surface area contributed by atoms with Crippen LogP contribution in [0.15, 0.2) is 24.3 Å². The Morgan fingerprint density at radius 3 is 2.81 bits per heavy atom. The number of para-hydroxylation sites is 1. The topological polar surface area (TPSA) is 30.5 Å². The predicted octanol–water partition coefficient (Wildman–Crippen LogP) is 3.46. The van der Waals surface area contributed by atoms with Gasteiger partial charge in [-0.1, -0.05) is 25.1 Å². The standard InChI is InChI=1S/C15H20F3NO2/c1-2-8-19-14-11-5-3-4-6-12(11)21-10-13(14)20-9-7-15(16,17)18/h3-6,13-14,19H,2,7-10H2,1H3. The minimum absolute atomic E-state index is 0.136. The summed E-state index contributed by atoms with van der Waals surface area (Å²) >= 11 is 0. The molecule has 21 heavy (non-hydrogen) atoms. The lowest BCUT2D eigenvalue weighted by Gasteiger charge is -2.34. The van der Waals surface area contributed by atoms with Crippen LogP contribution < -0.4 is 10.1 Å². The van der Waals surface area contributed by atoms with E-state index in [4.69, 9.17) is 9.47 Å². The summed E-state index contributed by atoms with van der Waals surface area (Å²) in [6, 6.07) is 7.41. The summed E-state index contributed by atoms with van der Waals surface area (Å²) < 4.78 is 47.7. The van der Waals surface area contributed by atoms with Crippen molar-refractivity contribution in [3.63, 3.8) is 0 Å². The summed E-state index contributed by atoms with van der Waals surface area (Å²) in [5, 5.41) is 3.34. The zero-order valence-corrected chi connectivity index (χ0v) is 12.0. The molecule has 1 N–H and O–H groups in total. The summed E-state index contributed by atoms with van der Waals surface area (Å²) in [7, 11) is 0. The Morgan fingerprint density at radius 1 is 1.33 bits per heavy atom. The molecule has 0 saturated carbocycles. The van der Waals surface area contributed by atoms with Crippen molar-refractivity contribution in [2.45, 2.75) is 38.1 Å². The highest BCUT2D eigenvalue weighted by molar-refractivity contribution is 5.38. The Labute approximate surface area is 122 Å². The molecule has 0 aromatic heterocycles. The third kappa shape index (κ3) is 4.61. The highest BCUT2D eigenvalue weighted by Crippen LogP contribution is 2.33. The first-order valence-corrected chi connectivity index (χ1v) is 7.14. The van der Waals surface area contributed by atoms with E-state index >= 15 is 0 Å². The largest absolute Gasteiger partial charge is 0.490 e. The maximum Gasteiger partial charge on any atom is 0.391 e. The fourth-order valence-electron chi connectivity index (χ4n) is 2.35. The van der Waals surface area contributed by atoms with Crippen molar-refractivity contribution < 1.29 is 22.6 Å². The number of hydrogen-bond donors (Lipinski definition) is 1. The number of hydrogen-bond acceptors (Lipinski definition) is 3. The second kappa shape index (κ2) is 7.13. The maximum atomic E-state index is 12.2. The molecular weight excluding hydrogens is 283 g/mol. The molecule has 0 bridgehead atoms. The molecule has 0 radical (unpaired) electrons. The molecule has 2 unspecified atom stereocenters. The van der Waals surface area contributed by atoms with Gasteiger partial charge in [0.25, 0.3) is 0 Å². The van der Waals surface area contributed by atoms with E-state index in [-0.39, 0.29) is 19.3 Å². The van der Waals surface area contributed by atoms with Crippen molar-refractivity contribution in [3.8, 4) is 5.75 Å². The Kier molecular flexibility index (Phi) is 5.47. The highest BCUT2D eigenvalue weighted by Gasteiger charge is 2.33. The van der Waals surface area contributed by atoms with Gasteiger partial charge in [-0.3, -0.25) is 0 Å². The van der Waals surface area contributed by atoms with E-state index in [0.717, 1.165) is 24.3 Å². The zero-order valence-electron chi connectivity index (χ0n) is 12.0. The molecule has 3 nitrogen and oxygen atoms in total. The number of alkyl halides is 3.